The van der Waals surface area contributed by atoms with Crippen molar-refractivity contribution in [2.75, 3.05) is 25.0 Å². The number of rotatable bonds is 5. The van der Waals surface area contributed by atoms with E-state index in [-0.39, 0.29) is 11.7 Å². The molecule has 1 fully saturated rings. The second-order valence-electron chi connectivity index (χ2n) is 6.31. The Morgan fingerprint density at radius 3 is 2.32 bits per heavy atom. The topological polar surface area (TPSA) is 58.1 Å². The zero-order valence-electron chi connectivity index (χ0n) is 14.2. The van der Waals surface area contributed by atoms with Crippen LogP contribution in [0.4, 0.5) is 10.3 Å². The normalized spacial score (nSPS) is 14.8. The van der Waals surface area contributed by atoms with Gasteiger partial charge >= 0.3 is 0 Å². The molecule has 0 saturated carbocycles. The fourth-order valence-corrected chi connectivity index (χ4v) is 2.96. The SMILES string of the molecule is O=C(c1cnc(NCCc2ccc(F)cc2)nc1)N1CCCCCC1. The average molecular weight is 342 g/mol. The summed E-state index contributed by atoms with van der Waals surface area (Å²) in [7, 11) is 0. The summed E-state index contributed by atoms with van der Waals surface area (Å²) in [4.78, 5) is 22.8. The van der Waals surface area contributed by atoms with Gasteiger partial charge in [-0.2, -0.15) is 0 Å². The van der Waals surface area contributed by atoms with Gasteiger partial charge in [0.05, 0.1) is 5.56 Å². The van der Waals surface area contributed by atoms with Crippen LogP contribution in [0.25, 0.3) is 0 Å². The molecule has 1 aromatic heterocycles. The van der Waals surface area contributed by atoms with E-state index in [9.17, 15) is 9.18 Å². The van der Waals surface area contributed by atoms with Gasteiger partial charge in [0.25, 0.3) is 5.91 Å². The summed E-state index contributed by atoms with van der Waals surface area (Å²) in [6.07, 6.45) is 8.43. The molecular weight excluding hydrogens is 319 g/mol. The van der Waals surface area contributed by atoms with Crippen LogP contribution in [0.15, 0.2) is 36.7 Å². The first-order chi connectivity index (χ1) is 12.2. The number of hydrogen-bond acceptors (Lipinski definition) is 4. The molecule has 2 heterocycles. The fourth-order valence-electron chi connectivity index (χ4n) is 2.96. The van der Waals surface area contributed by atoms with Gasteiger partial charge in [0.15, 0.2) is 0 Å². The molecule has 0 spiro atoms. The lowest BCUT2D eigenvalue weighted by molar-refractivity contribution is 0.0761. The zero-order valence-corrected chi connectivity index (χ0v) is 14.2. The Morgan fingerprint density at radius 2 is 1.68 bits per heavy atom. The summed E-state index contributed by atoms with van der Waals surface area (Å²) in [5.74, 6) is 0.277. The molecule has 5 nitrogen and oxygen atoms in total. The average Bonchev–Trinajstić information content (AvgIpc) is 2.93. The van der Waals surface area contributed by atoms with Crippen molar-refractivity contribution in [1.82, 2.24) is 14.9 Å². The van der Waals surface area contributed by atoms with E-state index in [4.69, 9.17) is 0 Å². The molecule has 1 aliphatic rings. The van der Waals surface area contributed by atoms with Crippen LogP contribution in [0, 0.1) is 5.82 Å². The molecular formula is C19H23FN4O. The molecule has 0 bridgehead atoms. The summed E-state index contributed by atoms with van der Waals surface area (Å²) in [6, 6.07) is 6.44. The number of amides is 1. The highest BCUT2D eigenvalue weighted by atomic mass is 19.1. The highest BCUT2D eigenvalue weighted by Gasteiger charge is 2.17. The van der Waals surface area contributed by atoms with Crippen molar-refractivity contribution in [3.63, 3.8) is 0 Å². The third kappa shape index (κ3) is 4.98. The lowest BCUT2D eigenvalue weighted by Crippen LogP contribution is -2.32. The van der Waals surface area contributed by atoms with Crippen LogP contribution in [0.3, 0.4) is 0 Å². The number of nitrogens with one attached hydrogen (secondary N) is 1. The summed E-state index contributed by atoms with van der Waals surface area (Å²) >= 11 is 0. The van der Waals surface area contributed by atoms with Crippen molar-refractivity contribution in [2.24, 2.45) is 0 Å². The Hall–Kier alpha value is -2.50. The van der Waals surface area contributed by atoms with E-state index in [1.807, 2.05) is 4.90 Å². The molecule has 0 unspecified atom stereocenters. The maximum atomic E-state index is 12.9. The standard InChI is InChI=1S/C19H23FN4O/c20-17-7-5-15(6-8-17)9-10-21-19-22-13-16(14-23-19)18(25)24-11-3-1-2-4-12-24/h5-8,13-14H,1-4,9-12H2,(H,21,22,23). The number of nitrogens with zero attached hydrogens (tertiary/aromatic N) is 3. The van der Waals surface area contributed by atoms with Gasteiger partial charge in [0.1, 0.15) is 5.82 Å². The number of aromatic nitrogens is 2. The fraction of sp³-hybridized carbons (Fsp3) is 0.421. The van der Waals surface area contributed by atoms with Gasteiger partial charge in [0.2, 0.25) is 5.95 Å². The predicted octanol–water partition coefficient (Wildman–Crippen LogP) is 3.29. The number of benzene rings is 1. The molecule has 1 N–H and O–H groups in total. The van der Waals surface area contributed by atoms with Gasteiger partial charge in [-0.1, -0.05) is 25.0 Å². The van der Waals surface area contributed by atoms with E-state index in [1.54, 1.807) is 24.5 Å². The summed E-state index contributed by atoms with van der Waals surface area (Å²) in [6.45, 7) is 2.28. The summed E-state index contributed by atoms with van der Waals surface area (Å²) in [5, 5.41) is 3.12. The maximum Gasteiger partial charge on any atom is 0.256 e. The van der Waals surface area contributed by atoms with E-state index >= 15 is 0 Å². The molecule has 1 aliphatic heterocycles. The van der Waals surface area contributed by atoms with Crippen LogP contribution < -0.4 is 5.32 Å². The lowest BCUT2D eigenvalue weighted by atomic mass is 10.1. The molecule has 3 rings (SSSR count). The molecule has 0 aliphatic carbocycles. The van der Waals surface area contributed by atoms with E-state index in [0.717, 1.165) is 37.9 Å². The largest absolute Gasteiger partial charge is 0.354 e. The van der Waals surface area contributed by atoms with Gasteiger partial charge in [-0.05, 0) is 37.0 Å². The van der Waals surface area contributed by atoms with Gasteiger partial charge in [0, 0.05) is 32.0 Å². The molecule has 6 heteroatoms. The highest BCUT2D eigenvalue weighted by molar-refractivity contribution is 5.93. The van der Waals surface area contributed by atoms with Crippen molar-refractivity contribution in [1.29, 1.82) is 0 Å². The molecule has 132 valence electrons. The lowest BCUT2D eigenvalue weighted by Gasteiger charge is -2.19. The molecule has 0 atom stereocenters. The Kier molecular flexibility index (Phi) is 5.93. The van der Waals surface area contributed by atoms with Crippen LogP contribution in [-0.2, 0) is 6.42 Å². The van der Waals surface area contributed by atoms with Crippen molar-refractivity contribution >= 4 is 11.9 Å². The van der Waals surface area contributed by atoms with E-state index in [2.05, 4.69) is 15.3 Å². The zero-order chi connectivity index (χ0) is 17.5. The maximum absolute atomic E-state index is 12.9. The van der Waals surface area contributed by atoms with Crippen molar-refractivity contribution in [3.05, 3.63) is 53.6 Å². The van der Waals surface area contributed by atoms with Crippen LogP contribution in [-0.4, -0.2) is 40.4 Å². The molecule has 25 heavy (non-hydrogen) atoms. The number of hydrogen-bond donors (Lipinski definition) is 1. The smallest absolute Gasteiger partial charge is 0.256 e. The Balaban J connectivity index is 1.51. The van der Waals surface area contributed by atoms with Crippen molar-refractivity contribution in [3.8, 4) is 0 Å². The predicted molar refractivity (Wildman–Crippen MR) is 95.0 cm³/mol. The van der Waals surface area contributed by atoms with Gasteiger partial charge in [-0.15, -0.1) is 0 Å². The first-order valence-electron chi connectivity index (χ1n) is 8.82. The first-order valence-corrected chi connectivity index (χ1v) is 8.82. The van der Waals surface area contributed by atoms with E-state index in [1.165, 1.54) is 25.0 Å². The molecule has 0 radical (unpaired) electrons. The van der Waals surface area contributed by atoms with Crippen LogP contribution in [0.5, 0.6) is 0 Å². The minimum Gasteiger partial charge on any atom is -0.354 e. The monoisotopic (exact) mass is 342 g/mol. The number of carbonyl (C=O) groups is 1. The number of anilines is 1. The van der Waals surface area contributed by atoms with Gasteiger partial charge < -0.3 is 10.2 Å². The van der Waals surface area contributed by atoms with Crippen LogP contribution >= 0.6 is 0 Å². The Morgan fingerprint density at radius 1 is 1.04 bits per heavy atom. The second kappa shape index (κ2) is 8.55. The Labute approximate surface area is 147 Å². The number of likely N-dealkylation sites (tertiary alicyclic amines) is 1. The second-order valence-corrected chi connectivity index (χ2v) is 6.31. The van der Waals surface area contributed by atoms with Gasteiger partial charge in [-0.3, -0.25) is 4.79 Å². The molecule has 1 amide bonds. The quantitative estimate of drug-likeness (QED) is 0.906. The van der Waals surface area contributed by atoms with Crippen molar-refractivity contribution < 1.29 is 9.18 Å². The Bertz CT molecular complexity index is 680. The third-order valence-electron chi connectivity index (χ3n) is 4.40. The van der Waals surface area contributed by atoms with Crippen LogP contribution in [0.1, 0.15) is 41.6 Å². The number of carbonyl (C=O) groups excluding carboxylic acids is 1. The minimum absolute atomic E-state index is 0.0137. The van der Waals surface area contributed by atoms with Crippen molar-refractivity contribution in [2.45, 2.75) is 32.1 Å². The minimum atomic E-state index is -0.232. The third-order valence-corrected chi connectivity index (χ3v) is 4.40. The van der Waals surface area contributed by atoms with E-state index < -0.39 is 0 Å². The van der Waals surface area contributed by atoms with Crippen LogP contribution in [0.2, 0.25) is 0 Å². The molecule has 2 aromatic rings. The molecule has 1 saturated heterocycles. The summed E-state index contributed by atoms with van der Waals surface area (Å²) in [5.41, 5.74) is 1.58. The van der Waals surface area contributed by atoms with Gasteiger partial charge in [-0.25, -0.2) is 14.4 Å². The summed E-state index contributed by atoms with van der Waals surface area (Å²) < 4.78 is 12.9. The molecule has 1 aromatic carbocycles. The van der Waals surface area contributed by atoms with E-state index in [0.29, 0.717) is 18.1 Å². The first kappa shape index (κ1) is 17.3. The highest BCUT2D eigenvalue weighted by Crippen LogP contribution is 2.13. The number of halogens is 1.